The highest BCUT2D eigenvalue weighted by atomic mass is 16.5. The lowest BCUT2D eigenvalue weighted by molar-refractivity contribution is 0.0641. The number of aromatic nitrogens is 1. The Morgan fingerprint density at radius 3 is 2.83 bits per heavy atom. The molecule has 12 heavy (non-hydrogen) atoms. The average Bonchev–Trinajstić information content (AvgIpc) is 2.31. The zero-order chi connectivity index (χ0) is 8.55. The van der Waals surface area contributed by atoms with Gasteiger partial charge in [0.25, 0.3) is 5.91 Å². The van der Waals surface area contributed by atoms with Crippen LogP contribution in [0.5, 0.6) is 0 Å². The average molecular weight is 167 g/mol. The number of hydrogen-bond donors (Lipinski definition) is 1. The summed E-state index contributed by atoms with van der Waals surface area (Å²) in [4.78, 5) is 13.1. The molecule has 64 valence electrons. The molecule has 1 aliphatic rings. The van der Waals surface area contributed by atoms with E-state index in [-0.39, 0.29) is 11.8 Å². The second kappa shape index (κ2) is 2.51. The number of rotatable bonds is 1. The van der Waals surface area contributed by atoms with E-state index >= 15 is 0 Å². The third-order valence-electron chi connectivity index (χ3n) is 1.89. The highest BCUT2D eigenvalue weighted by molar-refractivity contribution is 5.93. The van der Waals surface area contributed by atoms with E-state index in [1.165, 1.54) is 6.07 Å². The smallest absolute Gasteiger partial charge is 0.276 e. The molecule has 1 aliphatic heterocycles. The molecule has 1 fully saturated rings. The van der Waals surface area contributed by atoms with Crippen LogP contribution in [-0.2, 0) is 0 Å². The van der Waals surface area contributed by atoms with Gasteiger partial charge >= 0.3 is 0 Å². The summed E-state index contributed by atoms with van der Waals surface area (Å²) in [6.45, 7) is 1.62. The second-order valence-corrected chi connectivity index (χ2v) is 2.76. The largest absolute Gasteiger partial charge is 0.368 e. The normalized spacial score (nSPS) is 15.8. The number of hydrogen-bond acceptors (Lipinski definition) is 4. The van der Waals surface area contributed by atoms with Crippen LogP contribution in [0.3, 0.4) is 0 Å². The summed E-state index contributed by atoms with van der Waals surface area (Å²) in [7, 11) is 0. The van der Waals surface area contributed by atoms with Gasteiger partial charge in [-0.3, -0.25) is 4.79 Å². The highest BCUT2D eigenvalue weighted by Crippen LogP contribution is 2.13. The van der Waals surface area contributed by atoms with Crippen molar-refractivity contribution >= 4 is 11.8 Å². The van der Waals surface area contributed by atoms with E-state index in [2.05, 4.69) is 9.68 Å². The minimum Gasteiger partial charge on any atom is -0.368 e. The number of nitrogens with zero attached hydrogens (tertiary/aromatic N) is 2. The molecule has 0 atom stereocenters. The molecule has 1 aromatic rings. The van der Waals surface area contributed by atoms with Crippen LogP contribution in [0.1, 0.15) is 16.9 Å². The van der Waals surface area contributed by atoms with Crippen LogP contribution in [0, 0.1) is 0 Å². The summed E-state index contributed by atoms with van der Waals surface area (Å²) in [5.74, 6) is 0.0839. The summed E-state index contributed by atoms with van der Waals surface area (Å²) in [6.07, 6.45) is 1.07. The molecular formula is C7H9N3O2. The van der Waals surface area contributed by atoms with Gasteiger partial charge in [-0.1, -0.05) is 5.16 Å². The summed E-state index contributed by atoms with van der Waals surface area (Å²) < 4.78 is 4.58. The lowest BCUT2D eigenvalue weighted by Crippen LogP contribution is -2.42. The molecule has 5 nitrogen and oxygen atoms in total. The van der Waals surface area contributed by atoms with Crippen LogP contribution in [0.2, 0.25) is 0 Å². The second-order valence-electron chi connectivity index (χ2n) is 2.76. The third-order valence-corrected chi connectivity index (χ3v) is 1.89. The Hall–Kier alpha value is -1.52. The molecule has 0 aliphatic carbocycles. The van der Waals surface area contributed by atoms with Crippen LogP contribution in [0.15, 0.2) is 10.6 Å². The number of carbonyl (C=O) groups is 1. The molecule has 1 aromatic heterocycles. The molecule has 1 amide bonds. The van der Waals surface area contributed by atoms with Crippen molar-refractivity contribution in [3.8, 4) is 0 Å². The summed E-state index contributed by atoms with van der Waals surface area (Å²) in [6, 6.07) is 1.45. The predicted octanol–water partition coefficient (Wildman–Crippen LogP) is 0.103. The third kappa shape index (κ3) is 1.03. The van der Waals surface area contributed by atoms with Gasteiger partial charge in [0.2, 0.25) is 5.88 Å². The first-order valence-corrected chi connectivity index (χ1v) is 3.79. The summed E-state index contributed by atoms with van der Waals surface area (Å²) >= 11 is 0. The number of nitrogens with two attached hydrogens (primary N) is 1. The molecular weight excluding hydrogens is 158 g/mol. The number of amides is 1. The Bertz CT molecular complexity index is 303. The lowest BCUT2D eigenvalue weighted by atomic mass is 10.2. The fourth-order valence-electron chi connectivity index (χ4n) is 1.07. The zero-order valence-electron chi connectivity index (χ0n) is 6.49. The fraction of sp³-hybridized carbons (Fsp3) is 0.429. The van der Waals surface area contributed by atoms with Crippen LogP contribution in [-0.4, -0.2) is 29.1 Å². The zero-order valence-corrected chi connectivity index (χ0v) is 6.49. The molecule has 0 saturated carbocycles. The molecule has 0 spiro atoms. The van der Waals surface area contributed by atoms with E-state index in [1.807, 2.05) is 0 Å². The highest BCUT2D eigenvalue weighted by Gasteiger charge is 2.23. The van der Waals surface area contributed by atoms with E-state index in [1.54, 1.807) is 4.90 Å². The van der Waals surface area contributed by atoms with E-state index in [0.29, 0.717) is 5.69 Å². The number of nitrogen functional groups attached to an aromatic ring is 1. The van der Waals surface area contributed by atoms with Gasteiger partial charge < -0.3 is 15.2 Å². The topological polar surface area (TPSA) is 72.4 Å². The molecule has 5 heteroatoms. The van der Waals surface area contributed by atoms with Gasteiger partial charge in [-0.05, 0) is 6.42 Å². The van der Waals surface area contributed by atoms with E-state index in [4.69, 9.17) is 5.73 Å². The van der Waals surface area contributed by atoms with Gasteiger partial charge in [0.05, 0.1) is 0 Å². The first-order chi connectivity index (χ1) is 5.77. The maximum absolute atomic E-state index is 11.4. The van der Waals surface area contributed by atoms with Crippen molar-refractivity contribution in [1.82, 2.24) is 10.1 Å². The molecule has 0 radical (unpaired) electrons. The molecule has 0 aromatic carbocycles. The molecule has 1 saturated heterocycles. The van der Waals surface area contributed by atoms with E-state index in [9.17, 15) is 4.79 Å². The molecule has 2 heterocycles. The first kappa shape index (κ1) is 7.15. The Balaban J connectivity index is 2.13. The van der Waals surface area contributed by atoms with Gasteiger partial charge in [-0.15, -0.1) is 0 Å². The van der Waals surface area contributed by atoms with Crippen LogP contribution < -0.4 is 5.73 Å². The fourth-order valence-corrected chi connectivity index (χ4v) is 1.07. The maximum Gasteiger partial charge on any atom is 0.276 e. The standard InChI is InChI=1S/C7H9N3O2/c8-6-4-5(9-12-6)7(11)10-2-1-3-10/h4H,1-3,8H2. The molecule has 2 N–H and O–H groups in total. The molecule has 0 bridgehead atoms. The van der Waals surface area contributed by atoms with Crippen molar-refractivity contribution in [2.75, 3.05) is 18.8 Å². The lowest BCUT2D eigenvalue weighted by Gasteiger charge is -2.29. The Morgan fingerprint density at radius 1 is 1.67 bits per heavy atom. The van der Waals surface area contributed by atoms with Gasteiger partial charge in [0.15, 0.2) is 5.69 Å². The Labute approximate surface area is 69.1 Å². The summed E-state index contributed by atoms with van der Waals surface area (Å²) in [5, 5.41) is 3.53. The van der Waals surface area contributed by atoms with Crippen LogP contribution in [0.4, 0.5) is 5.88 Å². The molecule has 2 rings (SSSR count). The van der Waals surface area contributed by atoms with Crippen molar-refractivity contribution < 1.29 is 9.32 Å². The summed E-state index contributed by atoms with van der Waals surface area (Å²) in [5.41, 5.74) is 5.57. The van der Waals surface area contributed by atoms with Crippen LogP contribution in [0.25, 0.3) is 0 Å². The van der Waals surface area contributed by atoms with E-state index < -0.39 is 0 Å². The Kier molecular flexibility index (Phi) is 1.49. The quantitative estimate of drug-likeness (QED) is 0.644. The number of carbonyl (C=O) groups excluding carboxylic acids is 1. The maximum atomic E-state index is 11.4. The SMILES string of the molecule is Nc1cc(C(=O)N2CCC2)no1. The number of anilines is 1. The Morgan fingerprint density at radius 2 is 2.42 bits per heavy atom. The van der Waals surface area contributed by atoms with Crippen molar-refractivity contribution in [3.05, 3.63) is 11.8 Å². The predicted molar refractivity (Wildman–Crippen MR) is 41.4 cm³/mol. The minimum absolute atomic E-state index is 0.0956. The van der Waals surface area contributed by atoms with Crippen molar-refractivity contribution in [2.24, 2.45) is 0 Å². The minimum atomic E-state index is -0.0956. The van der Waals surface area contributed by atoms with Crippen LogP contribution >= 0.6 is 0 Å². The van der Waals surface area contributed by atoms with Gasteiger partial charge in [-0.25, -0.2) is 0 Å². The van der Waals surface area contributed by atoms with Crippen molar-refractivity contribution in [1.29, 1.82) is 0 Å². The van der Waals surface area contributed by atoms with Gasteiger partial charge in [-0.2, -0.15) is 0 Å². The monoisotopic (exact) mass is 167 g/mol. The van der Waals surface area contributed by atoms with Gasteiger partial charge in [0.1, 0.15) is 0 Å². The molecule has 0 unspecified atom stereocenters. The van der Waals surface area contributed by atoms with E-state index in [0.717, 1.165) is 19.5 Å². The van der Waals surface area contributed by atoms with Gasteiger partial charge in [0, 0.05) is 19.2 Å². The number of likely N-dealkylation sites (tertiary alicyclic amines) is 1. The van der Waals surface area contributed by atoms with Crippen molar-refractivity contribution in [3.63, 3.8) is 0 Å². The first-order valence-electron chi connectivity index (χ1n) is 3.79. The van der Waals surface area contributed by atoms with Crippen molar-refractivity contribution in [2.45, 2.75) is 6.42 Å².